The summed E-state index contributed by atoms with van der Waals surface area (Å²) in [4.78, 5) is 74.4. The van der Waals surface area contributed by atoms with E-state index in [2.05, 4.69) is 30.9 Å². The second kappa shape index (κ2) is 22.3. The summed E-state index contributed by atoms with van der Waals surface area (Å²) in [5, 5.41) is 15.3. The Morgan fingerprint density at radius 3 is 1.37 bits per heavy atom. The van der Waals surface area contributed by atoms with Gasteiger partial charge in [0.15, 0.2) is 0 Å². The van der Waals surface area contributed by atoms with E-state index in [1.807, 2.05) is 102 Å². The molecule has 2 aromatic carbocycles. The zero-order chi connectivity index (χ0) is 54.8. The summed E-state index contributed by atoms with van der Waals surface area (Å²) in [5.41, 5.74) is 8.29. The number of rotatable bonds is 21. The van der Waals surface area contributed by atoms with Gasteiger partial charge in [-0.1, -0.05) is 22.4 Å². The summed E-state index contributed by atoms with van der Waals surface area (Å²) in [6.45, 7) is 11.8. The van der Waals surface area contributed by atoms with Crippen LogP contribution in [-0.2, 0) is 32.2 Å². The number of nitrogens with one attached hydrogen (secondary N) is 2. The molecule has 8 heterocycles. The smallest absolute Gasteiger partial charge is 0.330 e. The Morgan fingerprint density at radius 1 is 0.590 bits per heavy atom. The fourth-order valence-corrected chi connectivity index (χ4v) is 10.2. The predicted molar refractivity (Wildman–Crippen MR) is 290 cm³/mol. The van der Waals surface area contributed by atoms with Gasteiger partial charge in [0.2, 0.25) is 11.8 Å². The third-order valence-corrected chi connectivity index (χ3v) is 13.9. The number of fused-ring (bicyclic) bond motifs is 6. The minimum atomic E-state index is -0.504. The highest BCUT2D eigenvalue weighted by molar-refractivity contribution is 6.06. The van der Waals surface area contributed by atoms with E-state index in [-0.39, 0.29) is 52.6 Å². The van der Waals surface area contributed by atoms with Gasteiger partial charge in [-0.2, -0.15) is 0 Å². The van der Waals surface area contributed by atoms with Gasteiger partial charge in [-0.05, 0) is 90.1 Å². The molecule has 22 nitrogen and oxygen atoms in total. The molecule has 0 radical (unpaired) electrons. The fraction of sp³-hybridized carbons (Fsp3) is 0.321. The molecule has 0 aliphatic rings. The number of hydrogen-bond donors (Lipinski definition) is 2. The number of nitrogens with zero attached hydrogens (tertiary/aromatic N) is 10. The quantitative estimate of drug-likeness (QED) is 0.0724. The highest BCUT2D eigenvalue weighted by Crippen LogP contribution is 2.41. The van der Waals surface area contributed by atoms with Gasteiger partial charge in [-0.25, -0.2) is 9.59 Å². The van der Waals surface area contributed by atoms with Crippen molar-refractivity contribution >= 4 is 55.7 Å². The third kappa shape index (κ3) is 9.86. The number of carbonyl (C=O) groups is 2. The normalized spacial score (nSPS) is 12.5. The molecule has 0 saturated carbocycles. The minimum absolute atomic E-state index is 0.175. The van der Waals surface area contributed by atoms with Gasteiger partial charge in [0, 0.05) is 47.4 Å². The molecule has 0 aliphatic heterocycles. The van der Waals surface area contributed by atoms with Crippen LogP contribution in [0.3, 0.4) is 0 Å². The van der Waals surface area contributed by atoms with E-state index in [1.54, 1.807) is 48.1 Å². The average molecular weight is 1060 g/mol. The number of benzene rings is 2. The van der Waals surface area contributed by atoms with Gasteiger partial charge in [0.1, 0.15) is 36.1 Å². The lowest BCUT2D eigenvalue weighted by Crippen LogP contribution is -2.35. The van der Waals surface area contributed by atoms with Crippen molar-refractivity contribution in [2.75, 3.05) is 53.7 Å². The molecule has 8 aromatic heterocycles. The van der Waals surface area contributed by atoms with Crippen LogP contribution in [0.2, 0.25) is 0 Å². The number of hydrogen-bond acceptors (Lipinski definition) is 16. The van der Waals surface area contributed by atoms with Crippen molar-refractivity contribution < 1.29 is 37.6 Å². The summed E-state index contributed by atoms with van der Waals surface area (Å²) in [6.07, 6.45) is 6.56. The van der Waals surface area contributed by atoms with Gasteiger partial charge < -0.3 is 38.6 Å². The molecule has 2 N–H and O–H groups in total. The van der Waals surface area contributed by atoms with Gasteiger partial charge in [-0.15, -0.1) is 0 Å². The van der Waals surface area contributed by atoms with Crippen LogP contribution in [0.25, 0.3) is 66.1 Å². The predicted octanol–water partition coefficient (Wildman–Crippen LogP) is 6.55. The first-order valence-corrected chi connectivity index (χ1v) is 25.4. The Balaban J connectivity index is 0.752. The van der Waals surface area contributed by atoms with Crippen molar-refractivity contribution in [3.05, 3.63) is 141 Å². The zero-order valence-corrected chi connectivity index (χ0v) is 44.4. The van der Waals surface area contributed by atoms with E-state index in [0.29, 0.717) is 89.7 Å². The summed E-state index contributed by atoms with van der Waals surface area (Å²) in [7, 11) is 3.15. The average Bonchev–Trinajstić information content (AvgIpc) is 4.30. The number of aromatic nitrogens is 10. The number of pyridine rings is 4. The third-order valence-electron chi connectivity index (χ3n) is 13.9. The molecule has 0 saturated heterocycles. The molecular weight excluding hydrogens is 1000 g/mol. The lowest BCUT2D eigenvalue weighted by atomic mass is 10.00. The number of amides is 2. The van der Waals surface area contributed by atoms with Gasteiger partial charge >= 0.3 is 11.4 Å². The van der Waals surface area contributed by atoms with Crippen LogP contribution < -0.4 is 31.5 Å². The molecule has 10 aromatic rings. The Morgan fingerprint density at radius 2 is 1.01 bits per heavy atom. The largest absolute Gasteiger partial charge is 0.496 e. The Labute approximate surface area is 445 Å². The molecule has 78 heavy (non-hydrogen) atoms. The van der Waals surface area contributed by atoms with Crippen LogP contribution in [0.15, 0.2) is 104 Å². The standard InChI is InChI=1S/C56H58N12O10/c1-31-51(35(5)77-63-31)39-23-43-37(25-47(39)73-7)53-45(27-61-43)65(55(71)67(53)33(3)41-13-9-11-15-57-41)29-49(69)59-17-19-75-21-22-76-20-18-60-50(70)30-66-46-28-62-44-24-40(52-32(2)64-78-36(52)6)48(74-8)26-38(44)54(46)68(56(66)72)34(4)42-14-10-12-16-58-42/h9-16,23-28,33-34H,17-22,29-30H2,1-8H3,(H,59,69)(H,60,70)/t33-,34-/m1/s1. The van der Waals surface area contributed by atoms with E-state index < -0.39 is 35.3 Å². The van der Waals surface area contributed by atoms with Crippen LogP contribution in [0.5, 0.6) is 11.5 Å². The minimum Gasteiger partial charge on any atom is -0.496 e. The second-order valence-corrected chi connectivity index (χ2v) is 18.8. The lowest BCUT2D eigenvalue weighted by Gasteiger charge is -2.15. The number of methoxy groups -OCH3 is 2. The Bertz CT molecular complexity index is 3690. The number of ether oxygens (including phenoxy) is 4. The van der Waals surface area contributed by atoms with Gasteiger partial charge in [0.25, 0.3) is 0 Å². The maximum atomic E-state index is 14.4. The first-order chi connectivity index (χ1) is 37.8. The Kier molecular flexibility index (Phi) is 15.0. The monoisotopic (exact) mass is 1060 g/mol. The number of imidazole rings is 2. The highest BCUT2D eigenvalue weighted by Gasteiger charge is 2.28. The molecule has 0 fully saturated rings. The summed E-state index contributed by atoms with van der Waals surface area (Å²) < 4.78 is 40.2. The molecule has 2 amide bonds. The maximum absolute atomic E-state index is 14.4. The topological polar surface area (TPSA) is 253 Å². The first kappa shape index (κ1) is 52.4. The molecule has 0 aliphatic carbocycles. The van der Waals surface area contributed by atoms with E-state index >= 15 is 0 Å². The van der Waals surface area contributed by atoms with Crippen molar-refractivity contribution in [1.29, 1.82) is 0 Å². The SMILES string of the molecule is COc1cc2c(cc1-c1c(C)noc1C)ncc1c2n([C@H](C)c2ccccn2)c(=O)n1CC(=O)NCCOCCOCCNC(=O)Cn1c(=O)n([C@H](C)c2ccccn2)c2c3cc(OC)c(-c4c(C)noc4C)cc3ncc21. The van der Waals surface area contributed by atoms with Crippen molar-refractivity contribution in [3.8, 4) is 33.8 Å². The van der Waals surface area contributed by atoms with Crippen molar-refractivity contribution in [2.45, 2.75) is 66.7 Å². The fourth-order valence-electron chi connectivity index (χ4n) is 10.2. The van der Waals surface area contributed by atoms with Gasteiger partial charge in [0.05, 0.1) is 132 Å². The van der Waals surface area contributed by atoms with Crippen molar-refractivity contribution in [2.24, 2.45) is 0 Å². The molecule has 402 valence electrons. The van der Waals surface area contributed by atoms with Crippen LogP contribution in [-0.4, -0.2) is 114 Å². The second-order valence-electron chi connectivity index (χ2n) is 18.8. The van der Waals surface area contributed by atoms with E-state index in [4.69, 9.17) is 38.0 Å². The summed E-state index contributed by atoms with van der Waals surface area (Å²) >= 11 is 0. The maximum Gasteiger partial charge on any atom is 0.330 e. The van der Waals surface area contributed by atoms with Crippen molar-refractivity contribution in [1.82, 2.24) is 59.2 Å². The van der Waals surface area contributed by atoms with E-state index in [0.717, 1.165) is 22.3 Å². The Hall–Kier alpha value is -9.02. The summed E-state index contributed by atoms with van der Waals surface area (Å²) in [5.74, 6) is 1.54. The molecular formula is C56H58N12O10. The molecule has 0 spiro atoms. The highest BCUT2D eigenvalue weighted by atomic mass is 16.5. The number of aryl methyl sites for hydroxylation is 4. The van der Waals surface area contributed by atoms with Crippen LogP contribution >= 0.6 is 0 Å². The van der Waals surface area contributed by atoms with E-state index in [9.17, 15) is 19.2 Å². The van der Waals surface area contributed by atoms with E-state index in [1.165, 1.54) is 9.13 Å². The molecule has 0 bridgehead atoms. The molecule has 22 heteroatoms. The number of carbonyl (C=O) groups excluding carboxylic acids is 2. The molecule has 2 atom stereocenters. The van der Waals surface area contributed by atoms with Crippen LogP contribution in [0.4, 0.5) is 0 Å². The summed E-state index contributed by atoms with van der Waals surface area (Å²) in [6, 6.07) is 17.5. The molecule has 10 rings (SSSR count). The first-order valence-electron chi connectivity index (χ1n) is 25.4. The van der Waals surface area contributed by atoms with Crippen LogP contribution in [0.1, 0.15) is 60.2 Å². The van der Waals surface area contributed by atoms with Crippen LogP contribution in [0, 0.1) is 27.7 Å². The van der Waals surface area contributed by atoms with Gasteiger partial charge in [-0.3, -0.25) is 47.8 Å². The lowest BCUT2D eigenvalue weighted by molar-refractivity contribution is -0.122. The molecule has 0 unspecified atom stereocenters. The zero-order valence-electron chi connectivity index (χ0n) is 44.4. The van der Waals surface area contributed by atoms with Crippen molar-refractivity contribution in [3.63, 3.8) is 0 Å².